The maximum Gasteiger partial charge on any atom is 0.237 e. The van der Waals surface area contributed by atoms with Gasteiger partial charge in [-0.2, -0.15) is 0 Å². The molecule has 2 amide bonds. The van der Waals surface area contributed by atoms with E-state index in [2.05, 4.69) is 10.6 Å². The van der Waals surface area contributed by atoms with Gasteiger partial charge < -0.3 is 16.4 Å². The van der Waals surface area contributed by atoms with Crippen LogP contribution in [0.2, 0.25) is 0 Å². The summed E-state index contributed by atoms with van der Waals surface area (Å²) in [6.07, 6.45) is 1.24. The molecule has 5 nitrogen and oxygen atoms in total. The summed E-state index contributed by atoms with van der Waals surface area (Å²) in [5.41, 5.74) is 8.71. The molecule has 0 radical (unpaired) electrons. The highest BCUT2D eigenvalue weighted by Gasteiger charge is 2.28. The van der Waals surface area contributed by atoms with Crippen molar-refractivity contribution in [3.8, 4) is 0 Å². The van der Waals surface area contributed by atoms with Crippen molar-refractivity contribution in [2.24, 2.45) is 11.1 Å². The van der Waals surface area contributed by atoms with Crippen LogP contribution in [0.15, 0.2) is 18.2 Å². The molecule has 120 valence electrons. The summed E-state index contributed by atoms with van der Waals surface area (Å²) in [7, 11) is 0. The molecule has 1 heterocycles. The molecule has 0 spiro atoms. The van der Waals surface area contributed by atoms with E-state index in [1.807, 2.05) is 45.9 Å². The van der Waals surface area contributed by atoms with E-state index in [0.717, 1.165) is 23.2 Å². The van der Waals surface area contributed by atoms with Gasteiger partial charge >= 0.3 is 0 Å². The number of aryl methyl sites for hydroxylation is 1. The second-order valence-corrected chi connectivity index (χ2v) is 7.04. The molecular formula is C17H25N3O2. The average molecular weight is 303 g/mol. The molecule has 5 heteroatoms. The summed E-state index contributed by atoms with van der Waals surface area (Å²) in [5, 5.41) is 5.83. The number of hydrogen-bond donors (Lipinski definition) is 3. The molecule has 1 aromatic carbocycles. The molecule has 0 aliphatic carbocycles. The lowest BCUT2D eigenvalue weighted by Gasteiger charge is -2.28. The quantitative estimate of drug-likeness (QED) is 0.799. The van der Waals surface area contributed by atoms with E-state index in [1.165, 1.54) is 0 Å². The molecule has 1 unspecified atom stereocenters. The summed E-state index contributed by atoms with van der Waals surface area (Å²) in [5.74, 6) is -0.0937. The van der Waals surface area contributed by atoms with Gasteiger partial charge in [0.1, 0.15) is 0 Å². The van der Waals surface area contributed by atoms with Gasteiger partial charge in [-0.15, -0.1) is 0 Å². The van der Waals surface area contributed by atoms with Crippen molar-refractivity contribution in [3.05, 3.63) is 29.3 Å². The number of amides is 2. The largest absolute Gasteiger partial charge is 0.348 e. The third kappa shape index (κ3) is 3.65. The molecule has 1 aliphatic rings. The Labute approximate surface area is 131 Å². The van der Waals surface area contributed by atoms with Crippen molar-refractivity contribution >= 4 is 17.5 Å². The minimum absolute atomic E-state index is 0.0535. The van der Waals surface area contributed by atoms with Gasteiger partial charge in [0.2, 0.25) is 11.8 Å². The van der Waals surface area contributed by atoms with E-state index < -0.39 is 6.04 Å². The Morgan fingerprint density at radius 1 is 1.32 bits per heavy atom. The predicted octanol–water partition coefficient (Wildman–Crippen LogP) is 2.12. The SMILES string of the molecule is CC(NC(=O)[C@@H](N)C(C)(C)C)c1ccc2c(c1)CCC(=O)N2. The number of anilines is 1. The van der Waals surface area contributed by atoms with E-state index in [9.17, 15) is 9.59 Å². The van der Waals surface area contributed by atoms with Crippen molar-refractivity contribution in [1.82, 2.24) is 5.32 Å². The van der Waals surface area contributed by atoms with Crippen LogP contribution in [-0.4, -0.2) is 17.9 Å². The molecule has 2 rings (SSSR count). The third-order valence-electron chi connectivity index (χ3n) is 4.10. The van der Waals surface area contributed by atoms with Gasteiger partial charge in [0.05, 0.1) is 12.1 Å². The maximum absolute atomic E-state index is 12.2. The topological polar surface area (TPSA) is 84.2 Å². The van der Waals surface area contributed by atoms with Crippen molar-refractivity contribution < 1.29 is 9.59 Å². The van der Waals surface area contributed by atoms with Crippen LogP contribution in [0.25, 0.3) is 0 Å². The van der Waals surface area contributed by atoms with E-state index in [0.29, 0.717) is 6.42 Å². The van der Waals surface area contributed by atoms with E-state index in [1.54, 1.807) is 0 Å². The highest BCUT2D eigenvalue weighted by atomic mass is 16.2. The van der Waals surface area contributed by atoms with Crippen LogP contribution >= 0.6 is 0 Å². The second-order valence-electron chi connectivity index (χ2n) is 7.04. The molecule has 0 saturated heterocycles. The highest BCUT2D eigenvalue weighted by molar-refractivity contribution is 5.93. The lowest BCUT2D eigenvalue weighted by Crippen LogP contribution is -2.49. The van der Waals surface area contributed by atoms with Crippen LogP contribution in [0.1, 0.15) is 51.3 Å². The van der Waals surface area contributed by atoms with E-state index in [4.69, 9.17) is 5.73 Å². The Kier molecular flexibility index (Phi) is 4.56. The molecule has 0 fully saturated rings. The third-order valence-corrected chi connectivity index (χ3v) is 4.10. The van der Waals surface area contributed by atoms with Crippen LogP contribution in [0.4, 0.5) is 5.69 Å². The number of benzene rings is 1. The molecule has 1 aromatic rings. The average Bonchev–Trinajstić information content (AvgIpc) is 2.44. The first-order valence-electron chi connectivity index (χ1n) is 7.67. The molecule has 2 atom stereocenters. The van der Waals surface area contributed by atoms with E-state index >= 15 is 0 Å². The Morgan fingerprint density at radius 2 is 2.00 bits per heavy atom. The zero-order chi connectivity index (χ0) is 16.5. The van der Waals surface area contributed by atoms with Crippen molar-refractivity contribution in [3.63, 3.8) is 0 Å². The predicted molar refractivity (Wildman–Crippen MR) is 87.4 cm³/mol. The molecule has 0 bridgehead atoms. The Hall–Kier alpha value is -1.88. The van der Waals surface area contributed by atoms with Gasteiger partial charge in [0.15, 0.2) is 0 Å². The normalized spacial score (nSPS) is 17.2. The molecule has 4 N–H and O–H groups in total. The van der Waals surface area contributed by atoms with Crippen LogP contribution < -0.4 is 16.4 Å². The first-order chi connectivity index (χ1) is 10.2. The summed E-state index contributed by atoms with van der Waals surface area (Å²) >= 11 is 0. The van der Waals surface area contributed by atoms with Crippen LogP contribution in [0.3, 0.4) is 0 Å². The van der Waals surface area contributed by atoms with Gasteiger partial charge in [0.25, 0.3) is 0 Å². The minimum atomic E-state index is -0.549. The van der Waals surface area contributed by atoms with Gasteiger partial charge in [-0.05, 0) is 36.0 Å². The van der Waals surface area contributed by atoms with Gasteiger partial charge in [-0.25, -0.2) is 0 Å². The molecule has 0 saturated carbocycles. The number of nitrogens with two attached hydrogens (primary N) is 1. The lowest BCUT2D eigenvalue weighted by molar-refractivity contribution is -0.125. The Bertz CT molecular complexity index is 590. The first-order valence-corrected chi connectivity index (χ1v) is 7.67. The highest BCUT2D eigenvalue weighted by Crippen LogP contribution is 2.26. The monoisotopic (exact) mass is 303 g/mol. The van der Waals surface area contributed by atoms with E-state index in [-0.39, 0.29) is 23.3 Å². The number of rotatable bonds is 3. The number of fused-ring (bicyclic) bond motifs is 1. The second kappa shape index (κ2) is 6.08. The fourth-order valence-corrected chi connectivity index (χ4v) is 2.45. The first kappa shape index (κ1) is 16.5. The van der Waals surface area contributed by atoms with Crippen molar-refractivity contribution in [1.29, 1.82) is 0 Å². The summed E-state index contributed by atoms with van der Waals surface area (Å²) in [6, 6.07) is 5.20. The van der Waals surface area contributed by atoms with Gasteiger partial charge in [0, 0.05) is 12.1 Å². The smallest absolute Gasteiger partial charge is 0.237 e. The van der Waals surface area contributed by atoms with Crippen molar-refractivity contribution in [2.45, 2.75) is 52.6 Å². The van der Waals surface area contributed by atoms with Crippen LogP contribution in [0, 0.1) is 5.41 Å². The maximum atomic E-state index is 12.2. The zero-order valence-corrected chi connectivity index (χ0v) is 13.7. The summed E-state index contributed by atoms with van der Waals surface area (Å²) < 4.78 is 0. The fraction of sp³-hybridized carbons (Fsp3) is 0.529. The van der Waals surface area contributed by atoms with Gasteiger partial charge in [-0.3, -0.25) is 9.59 Å². The number of hydrogen-bond acceptors (Lipinski definition) is 3. The standard InChI is InChI=1S/C17H25N3O2/c1-10(19-16(22)15(18)17(2,3)4)11-5-7-13-12(9-11)6-8-14(21)20-13/h5,7,9-10,15H,6,8,18H2,1-4H3,(H,19,22)(H,20,21)/t10?,15-/m1/s1. The number of nitrogens with one attached hydrogen (secondary N) is 2. The zero-order valence-electron chi connectivity index (χ0n) is 13.7. The van der Waals surface area contributed by atoms with Crippen molar-refractivity contribution in [2.75, 3.05) is 5.32 Å². The Balaban J connectivity index is 2.09. The van der Waals surface area contributed by atoms with Gasteiger partial charge in [-0.1, -0.05) is 32.9 Å². The van der Waals surface area contributed by atoms with Crippen LogP contribution in [0.5, 0.6) is 0 Å². The van der Waals surface area contributed by atoms with Crippen LogP contribution in [-0.2, 0) is 16.0 Å². The number of carbonyl (C=O) groups excluding carboxylic acids is 2. The summed E-state index contributed by atoms with van der Waals surface area (Å²) in [6.45, 7) is 7.78. The lowest BCUT2D eigenvalue weighted by atomic mass is 9.86. The molecular weight excluding hydrogens is 278 g/mol. The molecule has 1 aliphatic heterocycles. The fourth-order valence-electron chi connectivity index (χ4n) is 2.45. The Morgan fingerprint density at radius 3 is 2.64 bits per heavy atom. The summed E-state index contributed by atoms with van der Waals surface area (Å²) in [4.78, 5) is 23.6. The molecule has 0 aromatic heterocycles. The molecule has 22 heavy (non-hydrogen) atoms. The minimum Gasteiger partial charge on any atom is -0.348 e. The number of carbonyl (C=O) groups is 2.